The minimum Gasteiger partial charge on any atom is -0.348 e. The number of para-hydroxylation sites is 2. The standard InChI is InChI=1S/C22H21N3O4S/c1-30(28,29)25-20-14-8-6-12-18(20)22(27)24-19-13-7-5-11-17(19)21(26)23-15-16-9-3-2-4-10-16/h2-14,25H,15H2,1H3,(H,23,26)(H,24,27). The summed E-state index contributed by atoms with van der Waals surface area (Å²) in [5, 5.41) is 5.53. The van der Waals surface area contributed by atoms with E-state index in [-0.39, 0.29) is 17.2 Å². The molecule has 0 bridgehead atoms. The van der Waals surface area contributed by atoms with Crippen molar-refractivity contribution in [2.45, 2.75) is 6.54 Å². The van der Waals surface area contributed by atoms with Gasteiger partial charge in [-0.15, -0.1) is 0 Å². The highest BCUT2D eigenvalue weighted by atomic mass is 32.2. The van der Waals surface area contributed by atoms with Gasteiger partial charge in [-0.2, -0.15) is 0 Å². The van der Waals surface area contributed by atoms with Gasteiger partial charge in [0.05, 0.1) is 28.8 Å². The molecular formula is C22H21N3O4S. The summed E-state index contributed by atoms with van der Waals surface area (Å²) in [7, 11) is -3.56. The van der Waals surface area contributed by atoms with E-state index >= 15 is 0 Å². The summed E-state index contributed by atoms with van der Waals surface area (Å²) in [6, 6.07) is 22.3. The van der Waals surface area contributed by atoms with Gasteiger partial charge in [-0.25, -0.2) is 8.42 Å². The fourth-order valence-corrected chi connectivity index (χ4v) is 3.40. The molecule has 0 radical (unpaired) electrons. The summed E-state index contributed by atoms with van der Waals surface area (Å²) in [4.78, 5) is 25.5. The predicted octanol–water partition coefficient (Wildman–Crippen LogP) is 3.24. The SMILES string of the molecule is CS(=O)(=O)Nc1ccccc1C(=O)Nc1ccccc1C(=O)NCc1ccccc1. The van der Waals surface area contributed by atoms with Crippen molar-refractivity contribution >= 4 is 33.2 Å². The highest BCUT2D eigenvalue weighted by Gasteiger charge is 2.17. The van der Waals surface area contributed by atoms with Crippen LogP contribution in [0.5, 0.6) is 0 Å². The Bertz CT molecular complexity index is 1160. The van der Waals surface area contributed by atoms with E-state index in [1.807, 2.05) is 30.3 Å². The summed E-state index contributed by atoms with van der Waals surface area (Å²) < 4.78 is 25.5. The number of benzene rings is 3. The van der Waals surface area contributed by atoms with Gasteiger partial charge in [0.25, 0.3) is 11.8 Å². The number of carbonyl (C=O) groups excluding carboxylic acids is 2. The normalized spacial score (nSPS) is 10.8. The van der Waals surface area contributed by atoms with E-state index in [0.29, 0.717) is 17.8 Å². The van der Waals surface area contributed by atoms with Crippen molar-refractivity contribution in [2.75, 3.05) is 16.3 Å². The van der Waals surface area contributed by atoms with Crippen molar-refractivity contribution in [3.05, 3.63) is 95.6 Å². The number of hydrogen-bond donors (Lipinski definition) is 3. The number of amides is 2. The zero-order chi connectivity index (χ0) is 21.6. The van der Waals surface area contributed by atoms with Crippen molar-refractivity contribution in [2.24, 2.45) is 0 Å². The molecule has 0 heterocycles. The van der Waals surface area contributed by atoms with Crippen LogP contribution in [0.2, 0.25) is 0 Å². The molecule has 3 aromatic carbocycles. The average Bonchev–Trinajstić information content (AvgIpc) is 2.72. The van der Waals surface area contributed by atoms with Gasteiger partial charge in [0.1, 0.15) is 0 Å². The lowest BCUT2D eigenvalue weighted by atomic mass is 10.1. The van der Waals surface area contributed by atoms with Crippen LogP contribution in [0.25, 0.3) is 0 Å². The fraction of sp³-hybridized carbons (Fsp3) is 0.0909. The molecule has 0 fully saturated rings. The van der Waals surface area contributed by atoms with Crippen LogP contribution >= 0.6 is 0 Å². The lowest BCUT2D eigenvalue weighted by molar-refractivity contribution is 0.0951. The van der Waals surface area contributed by atoms with Gasteiger partial charge in [0.15, 0.2) is 0 Å². The van der Waals surface area contributed by atoms with Gasteiger partial charge in [-0.3, -0.25) is 14.3 Å². The summed E-state index contributed by atoms with van der Waals surface area (Å²) in [6.07, 6.45) is 1.01. The quantitative estimate of drug-likeness (QED) is 0.543. The highest BCUT2D eigenvalue weighted by molar-refractivity contribution is 7.92. The van der Waals surface area contributed by atoms with Gasteiger partial charge < -0.3 is 10.6 Å². The molecule has 0 aliphatic carbocycles. The van der Waals surface area contributed by atoms with E-state index < -0.39 is 15.9 Å². The molecule has 2 amide bonds. The van der Waals surface area contributed by atoms with E-state index in [4.69, 9.17) is 0 Å². The van der Waals surface area contributed by atoms with Crippen molar-refractivity contribution in [1.29, 1.82) is 0 Å². The van der Waals surface area contributed by atoms with Crippen molar-refractivity contribution < 1.29 is 18.0 Å². The molecule has 0 aliphatic rings. The number of nitrogens with one attached hydrogen (secondary N) is 3. The molecule has 30 heavy (non-hydrogen) atoms. The Balaban J connectivity index is 1.78. The van der Waals surface area contributed by atoms with E-state index in [1.54, 1.807) is 36.4 Å². The van der Waals surface area contributed by atoms with Gasteiger partial charge in [-0.1, -0.05) is 54.6 Å². The Morgan fingerprint density at radius 2 is 1.27 bits per heavy atom. The number of rotatable bonds is 7. The van der Waals surface area contributed by atoms with Crippen molar-refractivity contribution in [3.8, 4) is 0 Å². The van der Waals surface area contributed by atoms with Crippen molar-refractivity contribution in [3.63, 3.8) is 0 Å². The van der Waals surface area contributed by atoms with Crippen LogP contribution < -0.4 is 15.4 Å². The van der Waals surface area contributed by atoms with E-state index in [2.05, 4.69) is 15.4 Å². The Kier molecular flexibility index (Phi) is 6.48. The van der Waals surface area contributed by atoms with E-state index in [1.165, 1.54) is 12.1 Å². The Hall–Kier alpha value is -3.65. The Labute approximate surface area is 175 Å². The number of hydrogen-bond acceptors (Lipinski definition) is 4. The maximum absolute atomic E-state index is 12.8. The van der Waals surface area contributed by atoms with Crippen molar-refractivity contribution in [1.82, 2.24) is 5.32 Å². The maximum Gasteiger partial charge on any atom is 0.257 e. The summed E-state index contributed by atoms with van der Waals surface area (Å²) in [6.45, 7) is 0.350. The smallest absolute Gasteiger partial charge is 0.257 e. The van der Waals surface area contributed by atoms with Crippen LogP contribution in [0.4, 0.5) is 11.4 Å². The summed E-state index contributed by atoms with van der Waals surface area (Å²) in [5.41, 5.74) is 1.87. The second kappa shape index (κ2) is 9.23. The lowest BCUT2D eigenvalue weighted by Crippen LogP contribution is -2.25. The largest absolute Gasteiger partial charge is 0.348 e. The first kappa shape index (κ1) is 21.1. The molecule has 0 atom stereocenters. The number of sulfonamides is 1. The molecule has 3 aromatic rings. The van der Waals surface area contributed by atoms with Crippen LogP contribution in [-0.4, -0.2) is 26.5 Å². The van der Waals surface area contributed by atoms with Gasteiger partial charge in [0, 0.05) is 6.54 Å². The van der Waals surface area contributed by atoms with Crippen LogP contribution in [-0.2, 0) is 16.6 Å². The first-order valence-electron chi connectivity index (χ1n) is 9.13. The van der Waals surface area contributed by atoms with Crippen LogP contribution in [0, 0.1) is 0 Å². The predicted molar refractivity (Wildman–Crippen MR) is 117 cm³/mol. The molecule has 0 saturated carbocycles. The molecule has 0 unspecified atom stereocenters. The summed E-state index contributed by atoms with van der Waals surface area (Å²) in [5.74, 6) is -0.873. The average molecular weight is 423 g/mol. The third-order valence-corrected chi connectivity index (χ3v) is 4.77. The minimum absolute atomic E-state index is 0.141. The number of carbonyl (C=O) groups is 2. The Morgan fingerprint density at radius 3 is 1.90 bits per heavy atom. The van der Waals surface area contributed by atoms with Gasteiger partial charge >= 0.3 is 0 Å². The fourth-order valence-electron chi connectivity index (χ4n) is 2.82. The summed E-state index contributed by atoms with van der Waals surface area (Å²) >= 11 is 0. The first-order chi connectivity index (χ1) is 14.3. The first-order valence-corrected chi connectivity index (χ1v) is 11.0. The monoisotopic (exact) mass is 423 g/mol. The van der Waals surface area contributed by atoms with Crippen LogP contribution in [0.15, 0.2) is 78.9 Å². The molecule has 8 heteroatoms. The Morgan fingerprint density at radius 1 is 0.733 bits per heavy atom. The van der Waals surface area contributed by atoms with Crippen LogP contribution in [0.1, 0.15) is 26.3 Å². The number of anilines is 2. The molecule has 0 aliphatic heterocycles. The minimum atomic E-state index is -3.56. The van der Waals surface area contributed by atoms with E-state index in [9.17, 15) is 18.0 Å². The third kappa shape index (κ3) is 5.68. The highest BCUT2D eigenvalue weighted by Crippen LogP contribution is 2.21. The lowest BCUT2D eigenvalue weighted by Gasteiger charge is -2.14. The molecular weight excluding hydrogens is 402 g/mol. The zero-order valence-corrected chi connectivity index (χ0v) is 17.1. The molecule has 3 rings (SSSR count). The third-order valence-electron chi connectivity index (χ3n) is 4.18. The van der Waals surface area contributed by atoms with Gasteiger partial charge in [-0.05, 0) is 29.8 Å². The molecule has 154 valence electrons. The maximum atomic E-state index is 12.8. The van der Waals surface area contributed by atoms with Gasteiger partial charge in [0.2, 0.25) is 10.0 Å². The molecule has 0 saturated heterocycles. The second-order valence-corrected chi connectivity index (χ2v) is 8.34. The van der Waals surface area contributed by atoms with E-state index in [0.717, 1.165) is 11.8 Å². The topological polar surface area (TPSA) is 104 Å². The zero-order valence-electron chi connectivity index (χ0n) is 16.3. The second-order valence-electron chi connectivity index (χ2n) is 6.59. The molecule has 0 aromatic heterocycles. The molecule has 7 nitrogen and oxygen atoms in total. The molecule has 3 N–H and O–H groups in total. The van der Waals surface area contributed by atoms with Crippen LogP contribution in [0.3, 0.4) is 0 Å². The molecule has 0 spiro atoms.